The molecular weight excluding hydrogens is 810 g/mol. The summed E-state index contributed by atoms with van der Waals surface area (Å²) in [4.78, 5) is 7.59. The summed E-state index contributed by atoms with van der Waals surface area (Å²) in [7, 11) is 0. The number of nitrogens with zero attached hydrogens (tertiary/aromatic N) is 3. The van der Waals surface area contributed by atoms with E-state index < -0.39 is 0 Å². The fraction of sp³-hybridized carbons (Fsp3) is 0.111. The normalized spacial score (nSPS) is 15.0. The topological polar surface area (TPSA) is 9.72 Å². The zero-order valence-corrected chi connectivity index (χ0v) is 38.0. The molecule has 0 N–H and O–H groups in total. The van der Waals surface area contributed by atoms with Gasteiger partial charge in [0.2, 0.25) is 6.71 Å². The number of para-hydroxylation sites is 3. The summed E-state index contributed by atoms with van der Waals surface area (Å²) in [6, 6.07) is 81.5. The molecule has 13 rings (SSSR count). The highest BCUT2D eigenvalue weighted by Crippen LogP contribution is 2.57. The molecule has 0 atom stereocenters. The van der Waals surface area contributed by atoms with Gasteiger partial charge in [0.05, 0.1) is 0 Å². The summed E-state index contributed by atoms with van der Waals surface area (Å²) in [6.07, 6.45) is 4.81. The van der Waals surface area contributed by atoms with Gasteiger partial charge >= 0.3 is 0 Å². The quantitative estimate of drug-likeness (QED) is 0.148. The second-order valence-corrected chi connectivity index (χ2v) is 19.2. The third-order valence-electron chi connectivity index (χ3n) is 15.0. The molecule has 0 saturated carbocycles. The maximum atomic E-state index is 2.64. The van der Waals surface area contributed by atoms with Crippen molar-refractivity contribution in [3.8, 4) is 22.3 Å². The van der Waals surface area contributed by atoms with Crippen LogP contribution in [0.15, 0.2) is 224 Å². The van der Waals surface area contributed by atoms with Crippen LogP contribution in [-0.4, -0.2) is 6.71 Å². The zero-order valence-electron chi connectivity index (χ0n) is 38.0. The molecule has 2 heterocycles. The van der Waals surface area contributed by atoms with Gasteiger partial charge in [0.1, 0.15) is 0 Å². The Balaban J connectivity index is 1.11. The van der Waals surface area contributed by atoms with Crippen LogP contribution in [0.4, 0.5) is 45.5 Å². The van der Waals surface area contributed by atoms with Crippen LogP contribution >= 0.6 is 0 Å². The summed E-state index contributed by atoms with van der Waals surface area (Å²) >= 11 is 0. The van der Waals surface area contributed by atoms with Gasteiger partial charge in [-0.15, -0.1) is 0 Å². The zero-order chi connectivity index (χ0) is 44.6. The molecule has 0 amide bonds. The first-order valence-electron chi connectivity index (χ1n) is 24.0. The van der Waals surface area contributed by atoms with E-state index in [2.05, 4.69) is 247 Å². The Morgan fingerprint density at radius 2 is 1.01 bits per heavy atom. The maximum Gasteiger partial charge on any atom is 0.248 e. The number of aryl methyl sites for hydroxylation is 2. The van der Waals surface area contributed by atoms with E-state index >= 15 is 0 Å². The van der Waals surface area contributed by atoms with E-state index in [0.717, 1.165) is 35.6 Å². The predicted molar refractivity (Wildman–Crippen MR) is 283 cm³/mol. The summed E-state index contributed by atoms with van der Waals surface area (Å²) < 4.78 is 0. The number of rotatable bonds is 7. The average Bonchev–Trinajstić information content (AvgIpc) is 3.62. The van der Waals surface area contributed by atoms with Gasteiger partial charge < -0.3 is 14.7 Å². The number of hydrogen-bond donors (Lipinski definition) is 0. The number of anilines is 8. The summed E-state index contributed by atoms with van der Waals surface area (Å²) in [6.45, 7) is 4.94. The van der Waals surface area contributed by atoms with Gasteiger partial charge in [0, 0.05) is 62.2 Å². The van der Waals surface area contributed by atoms with Gasteiger partial charge in [0.25, 0.3) is 0 Å². The molecule has 4 aliphatic rings. The van der Waals surface area contributed by atoms with Gasteiger partial charge in [-0.2, -0.15) is 0 Å². The molecule has 0 radical (unpaired) electrons. The van der Waals surface area contributed by atoms with Crippen molar-refractivity contribution in [3.05, 3.63) is 246 Å². The monoisotopic (exact) mass is 859 g/mol. The van der Waals surface area contributed by atoms with Crippen LogP contribution in [0.5, 0.6) is 0 Å². The van der Waals surface area contributed by atoms with Crippen LogP contribution in [-0.2, 0) is 18.3 Å². The van der Waals surface area contributed by atoms with Crippen LogP contribution in [0, 0.1) is 0 Å². The Labute approximate surface area is 395 Å². The number of allylic oxidation sites excluding steroid dienone is 1. The van der Waals surface area contributed by atoms with Crippen molar-refractivity contribution in [2.45, 2.75) is 44.9 Å². The largest absolute Gasteiger partial charge is 0.311 e. The lowest BCUT2D eigenvalue weighted by molar-refractivity contribution is 0.666. The molecule has 320 valence electrons. The highest BCUT2D eigenvalue weighted by Gasteiger charge is 2.53. The molecular formula is C63H50BN3. The van der Waals surface area contributed by atoms with Crippen molar-refractivity contribution >= 4 is 68.8 Å². The molecule has 0 spiro atoms. The molecule has 0 fully saturated rings. The first-order valence-corrected chi connectivity index (χ1v) is 24.0. The standard InChI is InChI=1S/C63H50BN3/c1-63(2)55-33-15-14-32-54(55)61-62(63)64-56-34-16-17-35-57(56)66(53-31-19-30-52(42-53)65(49-25-8-4-9-26-49)50-27-10-5-11-28-50)58-40-48(47-37-36-44-22-12-13-23-45(44)38-47)41-59(60(58)64)67(61)51-29-18-24-46(39-51)43-20-6-3-7-21-43/h3-11,14-21,24-42H,12-13,22-23H2,1-2H3. The maximum absolute atomic E-state index is 2.64. The van der Waals surface area contributed by atoms with Crippen LogP contribution < -0.4 is 25.6 Å². The van der Waals surface area contributed by atoms with Crippen LogP contribution in [0.3, 0.4) is 0 Å². The Kier molecular flexibility index (Phi) is 9.25. The minimum atomic E-state index is -0.251. The molecule has 2 aliphatic carbocycles. The van der Waals surface area contributed by atoms with Crippen molar-refractivity contribution in [1.29, 1.82) is 0 Å². The fourth-order valence-electron chi connectivity index (χ4n) is 11.9. The third kappa shape index (κ3) is 6.34. The minimum absolute atomic E-state index is 0.0225. The van der Waals surface area contributed by atoms with Crippen LogP contribution in [0.25, 0.3) is 28.0 Å². The lowest BCUT2D eigenvalue weighted by Gasteiger charge is -2.46. The molecule has 0 bridgehead atoms. The molecule has 0 aromatic heterocycles. The van der Waals surface area contributed by atoms with E-state index in [4.69, 9.17) is 0 Å². The van der Waals surface area contributed by atoms with Crippen molar-refractivity contribution in [3.63, 3.8) is 0 Å². The van der Waals surface area contributed by atoms with Gasteiger partial charge in [-0.3, -0.25) is 0 Å². The Morgan fingerprint density at radius 1 is 0.433 bits per heavy atom. The van der Waals surface area contributed by atoms with E-state index in [1.54, 1.807) is 0 Å². The summed E-state index contributed by atoms with van der Waals surface area (Å²) in [5.41, 5.74) is 25.1. The Bertz CT molecular complexity index is 3370. The van der Waals surface area contributed by atoms with Gasteiger partial charge in [-0.25, -0.2) is 0 Å². The van der Waals surface area contributed by atoms with Crippen LogP contribution in [0.1, 0.15) is 48.9 Å². The van der Waals surface area contributed by atoms with E-state index in [-0.39, 0.29) is 12.1 Å². The van der Waals surface area contributed by atoms with Crippen molar-refractivity contribution in [1.82, 2.24) is 0 Å². The van der Waals surface area contributed by atoms with E-state index in [1.807, 2.05) is 0 Å². The molecule has 0 saturated heterocycles. The molecule has 0 unspecified atom stereocenters. The molecule has 4 heteroatoms. The van der Waals surface area contributed by atoms with Crippen LogP contribution in [0.2, 0.25) is 0 Å². The smallest absolute Gasteiger partial charge is 0.248 e. The number of benzene rings is 9. The van der Waals surface area contributed by atoms with Gasteiger partial charge in [-0.05, 0) is 148 Å². The highest BCUT2D eigenvalue weighted by molar-refractivity contribution is 6.96. The lowest BCUT2D eigenvalue weighted by atomic mass is 9.30. The number of hydrogen-bond acceptors (Lipinski definition) is 3. The second-order valence-electron chi connectivity index (χ2n) is 19.2. The summed E-state index contributed by atoms with van der Waals surface area (Å²) in [5, 5.41) is 0. The fourth-order valence-corrected chi connectivity index (χ4v) is 11.9. The molecule has 9 aromatic carbocycles. The molecule has 2 aliphatic heterocycles. The Hall–Kier alpha value is -7.82. The third-order valence-corrected chi connectivity index (χ3v) is 15.0. The molecule has 9 aromatic rings. The lowest BCUT2D eigenvalue weighted by Crippen LogP contribution is -2.57. The van der Waals surface area contributed by atoms with E-state index in [9.17, 15) is 0 Å². The van der Waals surface area contributed by atoms with Crippen molar-refractivity contribution in [2.24, 2.45) is 0 Å². The SMILES string of the molecule is CC1(C)C2=C(c3ccccc31)N(c1cccc(-c3ccccc3)c1)c1cc(-c3ccc4c(c3)CCCC4)cc3c1B2c1ccccc1N3c1cccc(N(c2ccccc2)c2ccccc2)c1. The molecule has 3 nitrogen and oxygen atoms in total. The van der Waals surface area contributed by atoms with Crippen molar-refractivity contribution in [2.75, 3.05) is 14.7 Å². The highest BCUT2D eigenvalue weighted by atomic mass is 15.2. The van der Waals surface area contributed by atoms with Crippen molar-refractivity contribution < 1.29 is 0 Å². The predicted octanol–water partition coefficient (Wildman–Crippen LogP) is 15.2. The first-order chi connectivity index (χ1) is 33.0. The molecule has 67 heavy (non-hydrogen) atoms. The summed E-state index contributed by atoms with van der Waals surface area (Å²) in [5.74, 6) is 0. The second kappa shape index (κ2) is 15.7. The average molecular weight is 860 g/mol. The minimum Gasteiger partial charge on any atom is -0.311 e. The Morgan fingerprint density at radius 3 is 1.78 bits per heavy atom. The number of fused-ring (bicyclic) bond motifs is 6. The van der Waals surface area contributed by atoms with E-state index in [1.165, 1.54) is 102 Å². The van der Waals surface area contributed by atoms with Gasteiger partial charge in [-0.1, -0.05) is 165 Å². The van der Waals surface area contributed by atoms with Gasteiger partial charge in [0.15, 0.2) is 0 Å². The van der Waals surface area contributed by atoms with E-state index in [0.29, 0.717) is 0 Å². The first kappa shape index (κ1) is 39.5.